The minimum Gasteiger partial charge on any atom is -0.494 e. The molecule has 0 spiro atoms. The number of carbonyl (C=O) groups is 2. The van der Waals surface area contributed by atoms with Crippen molar-refractivity contribution in [3.05, 3.63) is 59.6 Å². The van der Waals surface area contributed by atoms with Crippen LogP contribution >= 0.6 is 11.3 Å². The van der Waals surface area contributed by atoms with E-state index >= 15 is 0 Å². The molecule has 0 aliphatic carbocycles. The molecule has 8 nitrogen and oxygen atoms in total. The van der Waals surface area contributed by atoms with Crippen molar-refractivity contribution in [3.63, 3.8) is 0 Å². The van der Waals surface area contributed by atoms with Gasteiger partial charge in [0.15, 0.2) is 6.10 Å². The maximum absolute atomic E-state index is 12.3. The number of benzene rings is 2. The average Bonchev–Trinajstić information content (AvgIpc) is 3.27. The van der Waals surface area contributed by atoms with Gasteiger partial charge in [0.1, 0.15) is 22.3 Å². The van der Waals surface area contributed by atoms with Crippen molar-refractivity contribution in [2.75, 3.05) is 13.2 Å². The van der Waals surface area contributed by atoms with Gasteiger partial charge in [-0.2, -0.15) is 0 Å². The Kier molecular flexibility index (Phi) is 8.65. The molecule has 0 radical (unpaired) electrons. The van der Waals surface area contributed by atoms with Crippen molar-refractivity contribution in [1.29, 1.82) is 0 Å². The zero-order chi connectivity index (χ0) is 23.6. The lowest BCUT2D eigenvalue weighted by atomic mass is 10.2. The van der Waals surface area contributed by atoms with Gasteiger partial charge in [0, 0.05) is 5.38 Å². The number of nitrogens with zero attached hydrogens (tertiary/aromatic N) is 1. The highest BCUT2D eigenvalue weighted by Gasteiger charge is 2.17. The molecule has 1 aromatic heterocycles. The Hall–Kier alpha value is -3.59. The fourth-order valence-corrected chi connectivity index (χ4v) is 3.77. The van der Waals surface area contributed by atoms with Crippen LogP contribution in [0.3, 0.4) is 0 Å². The number of hydrogen-bond acceptors (Lipinski definition) is 7. The van der Waals surface area contributed by atoms with E-state index in [2.05, 4.69) is 15.8 Å². The van der Waals surface area contributed by atoms with Crippen molar-refractivity contribution in [3.8, 4) is 27.8 Å². The van der Waals surface area contributed by atoms with Crippen molar-refractivity contribution in [2.45, 2.75) is 33.3 Å². The second kappa shape index (κ2) is 11.9. The van der Waals surface area contributed by atoms with Crippen LogP contribution in [0.1, 0.15) is 26.5 Å². The predicted molar refractivity (Wildman–Crippen MR) is 126 cm³/mol. The topological polar surface area (TPSA) is 98.8 Å². The lowest BCUT2D eigenvalue weighted by Gasteiger charge is -2.15. The monoisotopic (exact) mass is 469 g/mol. The van der Waals surface area contributed by atoms with Gasteiger partial charge >= 0.3 is 0 Å². The first-order chi connectivity index (χ1) is 16.0. The molecule has 2 amide bonds. The first-order valence-electron chi connectivity index (χ1n) is 10.6. The summed E-state index contributed by atoms with van der Waals surface area (Å²) in [5, 5.41) is 2.58. The van der Waals surface area contributed by atoms with Gasteiger partial charge in [-0.25, -0.2) is 4.98 Å². The summed E-state index contributed by atoms with van der Waals surface area (Å²) in [6.07, 6.45) is -0.772. The van der Waals surface area contributed by atoms with Gasteiger partial charge in [0.25, 0.3) is 5.91 Å². The number of hydrogen-bond donors (Lipinski definition) is 2. The number of thiazole rings is 1. The van der Waals surface area contributed by atoms with Crippen LogP contribution in [0.5, 0.6) is 17.2 Å². The van der Waals surface area contributed by atoms with Crippen molar-refractivity contribution >= 4 is 23.2 Å². The zero-order valence-corrected chi connectivity index (χ0v) is 19.6. The lowest BCUT2D eigenvalue weighted by Crippen LogP contribution is -2.47. The number of ether oxygens (including phenoxy) is 3. The molecular formula is C24H27N3O5S. The maximum Gasteiger partial charge on any atom is 0.279 e. The highest BCUT2D eigenvalue weighted by molar-refractivity contribution is 7.13. The molecule has 0 bridgehead atoms. The zero-order valence-electron chi connectivity index (χ0n) is 18.8. The number of para-hydroxylation sites is 1. The van der Waals surface area contributed by atoms with E-state index in [4.69, 9.17) is 14.2 Å². The van der Waals surface area contributed by atoms with Gasteiger partial charge in [-0.3, -0.25) is 20.4 Å². The van der Waals surface area contributed by atoms with E-state index in [0.717, 1.165) is 22.1 Å². The molecule has 0 saturated heterocycles. The Bertz CT molecular complexity index is 1070. The van der Waals surface area contributed by atoms with Gasteiger partial charge in [0.05, 0.1) is 30.9 Å². The van der Waals surface area contributed by atoms with Crippen LogP contribution in [0.15, 0.2) is 53.9 Å². The molecule has 0 aliphatic heterocycles. The van der Waals surface area contributed by atoms with Crippen molar-refractivity contribution in [1.82, 2.24) is 15.8 Å². The van der Waals surface area contributed by atoms with Crippen LogP contribution in [0.4, 0.5) is 0 Å². The molecule has 1 heterocycles. The number of hydrazine groups is 1. The third-order valence-electron chi connectivity index (χ3n) is 4.45. The van der Waals surface area contributed by atoms with E-state index in [1.54, 1.807) is 31.2 Å². The summed E-state index contributed by atoms with van der Waals surface area (Å²) in [4.78, 5) is 29.1. The number of carbonyl (C=O) groups excluding carboxylic acids is 2. The summed E-state index contributed by atoms with van der Waals surface area (Å²) in [6.45, 7) is 6.55. The number of amides is 2. The Balaban J connectivity index is 1.49. The SMILES string of the molecule is CCOc1ccc(OC(C)C(=O)NNC(=O)Cc2csc(-c3ccccc3OCC)n2)cc1. The van der Waals surface area contributed by atoms with E-state index in [1.807, 2.05) is 43.5 Å². The van der Waals surface area contributed by atoms with Crippen molar-refractivity contribution < 1.29 is 23.8 Å². The molecule has 3 aromatic rings. The van der Waals surface area contributed by atoms with Gasteiger partial charge in [0.2, 0.25) is 5.91 Å². The van der Waals surface area contributed by atoms with E-state index < -0.39 is 12.0 Å². The molecule has 9 heteroatoms. The summed E-state index contributed by atoms with van der Waals surface area (Å²) in [7, 11) is 0. The van der Waals surface area contributed by atoms with E-state index in [-0.39, 0.29) is 12.3 Å². The van der Waals surface area contributed by atoms with Gasteiger partial charge < -0.3 is 14.2 Å². The molecule has 33 heavy (non-hydrogen) atoms. The Labute approximate surface area is 196 Å². The van der Waals surface area contributed by atoms with Gasteiger partial charge in [-0.15, -0.1) is 11.3 Å². The average molecular weight is 470 g/mol. The minimum absolute atomic E-state index is 0.0295. The standard InChI is InChI=1S/C24H27N3O5S/c1-4-30-18-10-12-19(13-11-18)32-16(3)23(29)27-26-22(28)14-17-15-33-24(25-17)20-8-6-7-9-21(20)31-5-2/h6-13,15-16H,4-5,14H2,1-3H3,(H,26,28)(H,27,29). The fourth-order valence-electron chi connectivity index (χ4n) is 2.92. The quantitative estimate of drug-likeness (QED) is 0.439. The van der Waals surface area contributed by atoms with Crippen LogP contribution < -0.4 is 25.1 Å². The van der Waals surface area contributed by atoms with Crippen LogP contribution in [0, 0.1) is 0 Å². The molecule has 0 aliphatic rings. The smallest absolute Gasteiger partial charge is 0.279 e. The molecule has 1 atom stereocenters. The second-order valence-corrected chi connectivity index (χ2v) is 7.81. The molecule has 1 unspecified atom stereocenters. The van der Waals surface area contributed by atoms with Crippen LogP contribution in [-0.2, 0) is 16.0 Å². The molecule has 3 rings (SSSR count). The number of aromatic nitrogens is 1. The highest BCUT2D eigenvalue weighted by Crippen LogP contribution is 2.32. The summed E-state index contributed by atoms with van der Waals surface area (Å²) < 4.78 is 16.6. The Morgan fingerprint density at radius 1 is 0.970 bits per heavy atom. The second-order valence-electron chi connectivity index (χ2n) is 6.95. The maximum atomic E-state index is 12.3. The molecular weight excluding hydrogens is 442 g/mol. The summed E-state index contributed by atoms with van der Waals surface area (Å²) in [5.74, 6) is 1.14. The molecule has 0 fully saturated rings. The van der Waals surface area contributed by atoms with Crippen LogP contribution in [-0.4, -0.2) is 36.1 Å². The lowest BCUT2D eigenvalue weighted by molar-refractivity contribution is -0.132. The summed E-state index contributed by atoms with van der Waals surface area (Å²) in [5.41, 5.74) is 6.27. The van der Waals surface area contributed by atoms with Crippen LogP contribution in [0.25, 0.3) is 10.6 Å². The molecule has 2 aromatic carbocycles. The van der Waals surface area contributed by atoms with Gasteiger partial charge in [-0.05, 0) is 57.2 Å². The largest absolute Gasteiger partial charge is 0.494 e. The number of nitrogens with one attached hydrogen (secondary N) is 2. The first-order valence-corrected chi connectivity index (χ1v) is 11.5. The predicted octanol–water partition coefficient (Wildman–Crippen LogP) is 3.76. The van der Waals surface area contributed by atoms with E-state index in [0.29, 0.717) is 24.7 Å². The third kappa shape index (κ3) is 6.95. The number of rotatable bonds is 10. The summed E-state index contributed by atoms with van der Waals surface area (Å²) >= 11 is 1.43. The molecule has 0 saturated carbocycles. The Morgan fingerprint density at radius 2 is 1.67 bits per heavy atom. The van der Waals surface area contributed by atoms with Gasteiger partial charge in [-0.1, -0.05) is 12.1 Å². The summed E-state index contributed by atoms with van der Waals surface area (Å²) in [6, 6.07) is 14.6. The third-order valence-corrected chi connectivity index (χ3v) is 5.38. The Morgan fingerprint density at radius 3 is 2.39 bits per heavy atom. The van der Waals surface area contributed by atoms with E-state index in [9.17, 15) is 9.59 Å². The fraction of sp³-hybridized carbons (Fsp3) is 0.292. The van der Waals surface area contributed by atoms with Crippen molar-refractivity contribution in [2.24, 2.45) is 0 Å². The highest BCUT2D eigenvalue weighted by atomic mass is 32.1. The minimum atomic E-state index is -0.802. The molecule has 174 valence electrons. The normalized spacial score (nSPS) is 11.4. The molecule has 2 N–H and O–H groups in total. The van der Waals surface area contributed by atoms with E-state index in [1.165, 1.54) is 11.3 Å². The first kappa shape index (κ1) is 24.1. The van der Waals surface area contributed by atoms with Crippen LogP contribution in [0.2, 0.25) is 0 Å².